The normalized spacial score (nSPS) is 17.3. The Morgan fingerprint density at radius 1 is 1.26 bits per heavy atom. The monoisotopic (exact) mass is 377 g/mol. The van der Waals surface area contributed by atoms with Gasteiger partial charge in [0.1, 0.15) is 0 Å². The lowest BCUT2D eigenvalue weighted by Crippen LogP contribution is -2.44. The summed E-state index contributed by atoms with van der Waals surface area (Å²) in [6.07, 6.45) is 2.64. The van der Waals surface area contributed by atoms with Crippen molar-refractivity contribution < 1.29 is 13.3 Å². The molecule has 1 aliphatic carbocycles. The lowest BCUT2D eigenvalue weighted by atomic mass is 9.77. The van der Waals surface area contributed by atoms with Crippen molar-refractivity contribution in [2.45, 2.75) is 24.8 Å². The Kier molecular flexibility index (Phi) is 3.05. The van der Waals surface area contributed by atoms with Gasteiger partial charge in [-0.25, -0.2) is 8.78 Å². The fourth-order valence-corrected chi connectivity index (χ4v) is 2.66. The lowest BCUT2D eigenvalue weighted by molar-refractivity contribution is 0.229. The van der Waals surface area contributed by atoms with Crippen LogP contribution in [0.5, 0.6) is 0 Å². The topological polar surface area (TPSA) is 64.9 Å². The smallest absolute Gasteiger partial charge is 0.259 e. The molecule has 1 aromatic heterocycles. The average molecular weight is 377 g/mol. The van der Waals surface area contributed by atoms with Crippen molar-refractivity contribution in [2.75, 3.05) is 0 Å². The van der Waals surface area contributed by atoms with Gasteiger partial charge in [0.25, 0.3) is 5.89 Å². The molecule has 1 fully saturated rings. The molecule has 0 saturated heterocycles. The van der Waals surface area contributed by atoms with E-state index >= 15 is 0 Å². The summed E-state index contributed by atoms with van der Waals surface area (Å²) in [6.45, 7) is 0. The van der Waals surface area contributed by atoms with Crippen LogP contribution in [0.3, 0.4) is 0 Å². The zero-order valence-electron chi connectivity index (χ0n) is 9.79. The van der Waals surface area contributed by atoms with Gasteiger partial charge in [0.2, 0.25) is 0 Å². The fourth-order valence-electron chi connectivity index (χ4n) is 2.00. The van der Waals surface area contributed by atoms with Crippen LogP contribution >= 0.6 is 22.6 Å². The van der Waals surface area contributed by atoms with Gasteiger partial charge in [0.15, 0.2) is 17.5 Å². The number of aromatic nitrogens is 2. The second-order valence-electron chi connectivity index (χ2n) is 4.68. The van der Waals surface area contributed by atoms with Crippen molar-refractivity contribution in [2.24, 2.45) is 5.73 Å². The van der Waals surface area contributed by atoms with Gasteiger partial charge >= 0.3 is 0 Å². The number of halogens is 3. The van der Waals surface area contributed by atoms with Gasteiger partial charge < -0.3 is 10.3 Å². The standard InChI is InChI=1S/C12H10F2IN3O/c13-7-4-6(9(15)5-8(7)14)10-17-11(18-19-10)12(16)2-1-3-12/h4-5H,1-3,16H2. The summed E-state index contributed by atoms with van der Waals surface area (Å²) in [7, 11) is 0. The van der Waals surface area contributed by atoms with Gasteiger partial charge in [-0.05, 0) is 54.0 Å². The van der Waals surface area contributed by atoms with E-state index in [-0.39, 0.29) is 5.89 Å². The highest BCUT2D eigenvalue weighted by Gasteiger charge is 2.39. The maximum absolute atomic E-state index is 13.3. The van der Waals surface area contributed by atoms with Crippen LogP contribution in [0, 0.1) is 15.2 Å². The van der Waals surface area contributed by atoms with E-state index in [9.17, 15) is 8.78 Å². The molecule has 7 heteroatoms. The lowest BCUT2D eigenvalue weighted by Gasteiger charge is -2.34. The number of nitrogens with zero attached hydrogens (tertiary/aromatic N) is 2. The predicted molar refractivity (Wildman–Crippen MR) is 72.1 cm³/mol. The van der Waals surface area contributed by atoms with Gasteiger partial charge in [0, 0.05) is 3.57 Å². The first-order valence-electron chi connectivity index (χ1n) is 5.77. The summed E-state index contributed by atoms with van der Waals surface area (Å²) in [5.74, 6) is -1.26. The largest absolute Gasteiger partial charge is 0.334 e. The molecule has 1 aliphatic rings. The molecule has 0 radical (unpaired) electrons. The first-order valence-corrected chi connectivity index (χ1v) is 6.85. The quantitative estimate of drug-likeness (QED) is 0.646. The van der Waals surface area contributed by atoms with Crippen LogP contribution in [0.2, 0.25) is 0 Å². The number of hydrogen-bond donors (Lipinski definition) is 1. The molecule has 19 heavy (non-hydrogen) atoms. The van der Waals surface area contributed by atoms with Crippen molar-refractivity contribution in [3.63, 3.8) is 0 Å². The Hall–Kier alpha value is -1.09. The number of nitrogens with two attached hydrogens (primary N) is 1. The van der Waals surface area contributed by atoms with E-state index in [0.717, 1.165) is 31.4 Å². The Morgan fingerprint density at radius 2 is 1.95 bits per heavy atom. The third-order valence-corrected chi connectivity index (χ3v) is 4.25. The fraction of sp³-hybridized carbons (Fsp3) is 0.333. The second-order valence-corrected chi connectivity index (χ2v) is 5.84. The minimum atomic E-state index is -0.943. The van der Waals surface area contributed by atoms with E-state index in [1.807, 2.05) is 22.6 Å². The van der Waals surface area contributed by atoms with Crippen molar-refractivity contribution in [3.05, 3.63) is 33.2 Å². The summed E-state index contributed by atoms with van der Waals surface area (Å²) in [5, 5.41) is 3.85. The predicted octanol–water partition coefficient (Wildman–Crippen LogP) is 2.96. The van der Waals surface area contributed by atoms with Crippen LogP contribution in [0.25, 0.3) is 11.5 Å². The Balaban J connectivity index is 2.01. The first kappa shape index (κ1) is 12.9. The summed E-state index contributed by atoms with van der Waals surface area (Å²) >= 11 is 1.89. The first-order chi connectivity index (χ1) is 8.99. The molecular formula is C12H10F2IN3O. The van der Waals surface area contributed by atoms with Gasteiger partial charge in [-0.15, -0.1) is 0 Å². The summed E-state index contributed by atoms with van der Waals surface area (Å²) in [6, 6.07) is 2.15. The molecule has 0 atom stereocenters. The van der Waals surface area contributed by atoms with E-state index in [0.29, 0.717) is 15.0 Å². The molecule has 2 N–H and O–H groups in total. The van der Waals surface area contributed by atoms with Crippen molar-refractivity contribution >= 4 is 22.6 Å². The van der Waals surface area contributed by atoms with Crippen LogP contribution in [0.1, 0.15) is 25.1 Å². The van der Waals surface area contributed by atoms with E-state index in [1.54, 1.807) is 0 Å². The molecule has 0 unspecified atom stereocenters. The molecule has 100 valence electrons. The molecule has 0 amide bonds. The third kappa shape index (κ3) is 2.14. The average Bonchev–Trinajstić information content (AvgIpc) is 2.80. The highest BCUT2D eigenvalue weighted by atomic mass is 127. The third-order valence-electron chi connectivity index (χ3n) is 3.36. The van der Waals surface area contributed by atoms with Crippen LogP contribution in [0.4, 0.5) is 8.78 Å². The van der Waals surface area contributed by atoms with E-state index < -0.39 is 17.2 Å². The van der Waals surface area contributed by atoms with E-state index in [4.69, 9.17) is 10.3 Å². The SMILES string of the molecule is NC1(c2noc(-c3cc(F)c(F)cc3I)n2)CCC1. The maximum atomic E-state index is 13.3. The molecule has 0 aliphatic heterocycles. The minimum absolute atomic E-state index is 0.162. The number of benzene rings is 1. The van der Waals surface area contributed by atoms with E-state index in [2.05, 4.69) is 10.1 Å². The molecule has 2 aromatic rings. The van der Waals surface area contributed by atoms with Crippen LogP contribution in [-0.4, -0.2) is 10.1 Å². The summed E-state index contributed by atoms with van der Waals surface area (Å²) in [4.78, 5) is 4.21. The molecule has 1 heterocycles. The highest BCUT2D eigenvalue weighted by Crippen LogP contribution is 2.38. The van der Waals surface area contributed by atoms with Crippen molar-refractivity contribution in [1.29, 1.82) is 0 Å². The van der Waals surface area contributed by atoms with Gasteiger partial charge in [-0.2, -0.15) is 4.98 Å². The summed E-state index contributed by atoms with van der Waals surface area (Å²) in [5.41, 5.74) is 5.93. The molecule has 1 saturated carbocycles. The minimum Gasteiger partial charge on any atom is -0.334 e. The number of rotatable bonds is 2. The molecule has 0 bridgehead atoms. The van der Waals surface area contributed by atoms with Crippen molar-refractivity contribution in [3.8, 4) is 11.5 Å². The maximum Gasteiger partial charge on any atom is 0.259 e. The Labute approximate surface area is 121 Å². The van der Waals surface area contributed by atoms with Crippen LogP contribution < -0.4 is 5.73 Å². The van der Waals surface area contributed by atoms with Gasteiger partial charge in [-0.3, -0.25) is 0 Å². The van der Waals surface area contributed by atoms with Crippen LogP contribution in [0.15, 0.2) is 16.7 Å². The molecule has 3 rings (SSSR count). The summed E-state index contributed by atoms with van der Waals surface area (Å²) < 4.78 is 32.0. The number of hydrogen-bond acceptors (Lipinski definition) is 4. The Bertz CT molecular complexity index is 640. The zero-order valence-corrected chi connectivity index (χ0v) is 11.9. The molecule has 0 spiro atoms. The molecular weight excluding hydrogens is 367 g/mol. The van der Waals surface area contributed by atoms with Gasteiger partial charge in [-0.1, -0.05) is 5.16 Å². The zero-order chi connectivity index (χ0) is 13.6. The highest BCUT2D eigenvalue weighted by molar-refractivity contribution is 14.1. The van der Waals surface area contributed by atoms with Crippen LogP contribution in [-0.2, 0) is 5.54 Å². The molecule has 4 nitrogen and oxygen atoms in total. The molecule has 1 aromatic carbocycles. The van der Waals surface area contributed by atoms with E-state index in [1.165, 1.54) is 0 Å². The Morgan fingerprint density at radius 3 is 2.58 bits per heavy atom. The van der Waals surface area contributed by atoms with Gasteiger partial charge in [0.05, 0.1) is 11.1 Å². The van der Waals surface area contributed by atoms with Crippen molar-refractivity contribution in [1.82, 2.24) is 10.1 Å². The second kappa shape index (κ2) is 4.48.